The lowest BCUT2D eigenvalue weighted by atomic mass is 10.1. The predicted octanol–water partition coefficient (Wildman–Crippen LogP) is 3.12. The molecule has 0 bridgehead atoms. The van der Waals surface area contributed by atoms with E-state index in [1.807, 2.05) is 36.4 Å². The standard InChI is InChI=1S/C15H14BrNO2/c16-13-4-3-10-7-12(2-1-11(10)8-13)15(18)17-14-5-6-19-9-14/h1-4,7-8,14H,5-6,9H2,(H,17,18). The van der Waals surface area contributed by atoms with Gasteiger partial charge in [-0.1, -0.05) is 28.1 Å². The molecule has 0 aromatic heterocycles. The van der Waals surface area contributed by atoms with E-state index >= 15 is 0 Å². The van der Waals surface area contributed by atoms with Crippen LogP contribution in [0.1, 0.15) is 16.8 Å². The van der Waals surface area contributed by atoms with Crippen LogP contribution >= 0.6 is 15.9 Å². The maximum atomic E-state index is 12.1. The summed E-state index contributed by atoms with van der Waals surface area (Å²) >= 11 is 3.45. The van der Waals surface area contributed by atoms with Gasteiger partial charge in [-0.2, -0.15) is 0 Å². The molecule has 1 fully saturated rings. The molecule has 3 rings (SSSR count). The molecule has 1 saturated heterocycles. The maximum Gasteiger partial charge on any atom is 0.251 e. The van der Waals surface area contributed by atoms with Crippen molar-refractivity contribution < 1.29 is 9.53 Å². The number of carbonyl (C=O) groups excluding carboxylic acids is 1. The third-order valence-corrected chi connectivity index (χ3v) is 3.82. The van der Waals surface area contributed by atoms with Crippen LogP contribution in [0.5, 0.6) is 0 Å². The Hall–Kier alpha value is -1.39. The van der Waals surface area contributed by atoms with Gasteiger partial charge >= 0.3 is 0 Å². The van der Waals surface area contributed by atoms with Crippen LogP contribution in [0.3, 0.4) is 0 Å². The van der Waals surface area contributed by atoms with Crippen LogP contribution in [0.25, 0.3) is 10.8 Å². The van der Waals surface area contributed by atoms with Crippen molar-refractivity contribution >= 4 is 32.6 Å². The Morgan fingerprint density at radius 3 is 2.79 bits per heavy atom. The van der Waals surface area contributed by atoms with Gasteiger partial charge in [0.1, 0.15) is 0 Å². The van der Waals surface area contributed by atoms with E-state index in [9.17, 15) is 4.79 Å². The number of ether oxygens (including phenoxy) is 1. The van der Waals surface area contributed by atoms with Crippen molar-refractivity contribution in [2.75, 3.05) is 13.2 Å². The van der Waals surface area contributed by atoms with Gasteiger partial charge in [0.15, 0.2) is 0 Å². The molecular formula is C15H14BrNO2. The first-order valence-electron chi connectivity index (χ1n) is 6.30. The van der Waals surface area contributed by atoms with Crippen LogP contribution < -0.4 is 5.32 Å². The number of fused-ring (bicyclic) bond motifs is 1. The molecule has 2 aromatic carbocycles. The lowest BCUT2D eigenvalue weighted by Crippen LogP contribution is -2.34. The molecule has 1 N–H and O–H groups in total. The van der Waals surface area contributed by atoms with E-state index in [0.29, 0.717) is 12.2 Å². The number of carbonyl (C=O) groups is 1. The Labute approximate surface area is 120 Å². The number of benzene rings is 2. The van der Waals surface area contributed by atoms with Gasteiger partial charge in [0.25, 0.3) is 5.91 Å². The van der Waals surface area contributed by atoms with Gasteiger partial charge in [-0.15, -0.1) is 0 Å². The lowest BCUT2D eigenvalue weighted by Gasteiger charge is -2.11. The van der Waals surface area contributed by atoms with Crippen LogP contribution in [-0.2, 0) is 4.74 Å². The Morgan fingerprint density at radius 1 is 1.21 bits per heavy atom. The average Bonchev–Trinajstić information content (AvgIpc) is 2.91. The highest BCUT2D eigenvalue weighted by atomic mass is 79.9. The summed E-state index contributed by atoms with van der Waals surface area (Å²) in [5, 5.41) is 5.19. The minimum atomic E-state index is -0.0275. The van der Waals surface area contributed by atoms with Crippen molar-refractivity contribution in [2.24, 2.45) is 0 Å². The van der Waals surface area contributed by atoms with Crippen molar-refractivity contribution in [3.8, 4) is 0 Å². The number of amides is 1. The summed E-state index contributed by atoms with van der Waals surface area (Å²) in [4.78, 5) is 12.1. The van der Waals surface area contributed by atoms with Gasteiger partial charge < -0.3 is 10.1 Å². The zero-order valence-electron chi connectivity index (χ0n) is 10.4. The van der Waals surface area contributed by atoms with Crippen LogP contribution in [0.2, 0.25) is 0 Å². The predicted molar refractivity (Wildman–Crippen MR) is 78.3 cm³/mol. The van der Waals surface area contributed by atoms with E-state index in [0.717, 1.165) is 28.3 Å². The van der Waals surface area contributed by atoms with E-state index in [1.165, 1.54) is 0 Å². The summed E-state index contributed by atoms with van der Waals surface area (Å²) < 4.78 is 6.30. The number of hydrogen-bond acceptors (Lipinski definition) is 2. The molecule has 1 aliphatic rings. The fraction of sp³-hybridized carbons (Fsp3) is 0.267. The normalized spacial score (nSPS) is 18.7. The molecule has 0 spiro atoms. The maximum absolute atomic E-state index is 12.1. The van der Waals surface area contributed by atoms with Gasteiger partial charge in [-0.05, 0) is 41.5 Å². The average molecular weight is 320 g/mol. The van der Waals surface area contributed by atoms with Crippen LogP contribution in [0, 0.1) is 0 Å². The molecule has 0 saturated carbocycles. The molecule has 1 aliphatic heterocycles. The molecule has 1 heterocycles. The van der Waals surface area contributed by atoms with Crippen molar-refractivity contribution in [1.82, 2.24) is 5.32 Å². The number of nitrogens with one attached hydrogen (secondary N) is 1. The van der Waals surface area contributed by atoms with E-state index in [4.69, 9.17) is 4.74 Å². The van der Waals surface area contributed by atoms with E-state index in [2.05, 4.69) is 21.2 Å². The molecule has 4 heteroatoms. The van der Waals surface area contributed by atoms with Crippen LogP contribution in [0.15, 0.2) is 40.9 Å². The summed E-state index contributed by atoms with van der Waals surface area (Å²) in [5.41, 5.74) is 0.696. The molecule has 1 unspecified atom stereocenters. The summed E-state index contributed by atoms with van der Waals surface area (Å²) in [6, 6.07) is 11.9. The molecule has 2 aromatic rings. The second-order valence-electron chi connectivity index (χ2n) is 4.74. The van der Waals surface area contributed by atoms with E-state index in [1.54, 1.807) is 0 Å². The fourth-order valence-electron chi connectivity index (χ4n) is 2.27. The lowest BCUT2D eigenvalue weighted by molar-refractivity contribution is 0.0930. The fourth-order valence-corrected chi connectivity index (χ4v) is 2.65. The third kappa shape index (κ3) is 2.80. The quantitative estimate of drug-likeness (QED) is 0.923. The monoisotopic (exact) mass is 319 g/mol. The zero-order valence-corrected chi connectivity index (χ0v) is 11.9. The molecular weight excluding hydrogens is 306 g/mol. The first kappa shape index (κ1) is 12.6. The highest BCUT2D eigenvalue weighted by Crippen LogP contribution is 2.21. The van der Waals surface area contributed by atoms with Crippen LogP contribution in [0.4, 0.5) is 0 Å². The van der Waals surface area contributed by atoms with Gasteiger partial charge in [-0.3, -0.25) is 4.79 Å². The Morgan fingerprint density at radius 2 is 2.00 bits per heavy atom. The number of hydrogen-bond donors (Lipinski definition) is 1. The molecule has 1 amide bonds. The summed E-state index contributed by atoms with van der Waals surface area (Å²) in [7, 11) is 0. The number of halogens is 1. The summed E-state index contributed by atoms with van der Waals surface area (Å²) in [6.45, 7) is 1.35. The first-order chi connectivity index (χ1) is 9.22. The molecule has 0 radical (unpaired) electrons. The van der Waals surface area contributed by atoms with Crippen molar-refractivity contribution in [2.45, 2.75) is 12.5 Å². The summed E-state index contributed by atoms with van der Waals surface area (Å²) in [6.07, 6.45) is 0.895. The Bertz CT molecular complexity index is 621. The van der Waals surface area contributed by atoms with E-state index in [-0.39, 0.29) is 11.9 Å². The minimum Gasteiger partial charge on any atom is -0.379 e. The summed E-state index contributed by atoms with van der Waals surface area (Å²) in [5.74, 6) is -0.0275. The Balaban J connectivity index is 1.83. The third-order valence-electron chi connectivity index (χ3n) is 3.33. The highest BCUT2D eigenvalue weighted by molar-refractivity contribution is 9.10. The second-order valence-corrected chi connectivity index (χ2v) is 5.66. The highest BCUT2D eigenvalue weighted by Gasteiger charge is 2.18. The van der Waals surface area contributed by atoms with Gasteiger partial charge in [0, 0.05) is 16.6 Å². The topological polar surface area (TPSA) is 38.3 Å². The largest absolute Gasteiger partial charge is 0.379 e. The van der Waals surface area contributed by atoms with Crippen LogP contribution in [-0.4, -0.2) is 25.2 Å². The molecule has 98 valence electrons. The smallest absolute Gasteiger partial charge is 0.251 e. The van der Waals surface area contributed by atoms with Gasteiger partial charge in [-0.25, -0.2) is 0 Å². The molecule has 0 aliphatic carbocycles. The van der Waals surface area contributed by atoms with Gasteiger partial charge in [0.2, 0.25) is 0 Å². The van der Waals surface area contributed by atoms with Crippen molar-refractivity contribution in [3.63, 3.8) is 0 Å². The molecule has 1 atom stereocenters. The molecule has 19 heavy (non-hydrogen) atoms. The SMILES string of the molecule is O=C(NC1CCOC1)c1ccc2cc(Br)ccc2c1. The molecule has 3 nitrogen and oxygen atoms in total. The first-order valence-corrected chi connectivity index (χ1v) is 7.09. The number of rotatable bonds is 2. The van der Waals surface area contributed by atoms with Crippen molar-refractivity contribution in [1.29, 1.82) is 0 Å². The minimum absolute atomic E-state index is 0.0275. The zero-order chi connectivity index (χ0) is 13.2. The van der Waals surface area contributed by atoms with Crippen molar-refractivity contribution in [3.05, 3.63) is 46.4 Å². The second kappa shape index (κ2) is 5.31. The van der Waals surface area contributed by atoms with E-state index < -0.39 is 0 Å². The Kier molecular flexibility index (Phi) is 3.53. The van der Waals surface area contributed by atoms with Gasteiger partial charge in [0.05, 0.1) is 12.6 Å².